The van der Waals surface area contributed by atoms with Crippen LogP contribution < -0.4 is 5.43 Å². The van der Waals surface area contributed by atoms with Gasteiger partial charge in [-0.15, -0.1) is 0 Å². The third-order valence-corrected chi connectivity index (χ3v) is 4.32. The van der Waals surface area contributed by atoms with Crippen LogP contribution >= 0.6 is 0 Å². The lowest BCUT2D eigenvalue weighted by Crippen LogP contribution is -2.17. The van der Waals surface area contributed by atoms with Gasteiger partial charge in [0.15, 0.2) is 0 Å². The zero-order valence-corrected chi connectivity index (χ0v) is 12.6. The zero-order chi connectivity index (χ0) is 15.6. The lowest BCUT2D eigenvalue weighted by atomic mass is 10.0. The maximum Gasteiger partial charge on any atom is 0.271 e. The van der Waals surface area contributed by atoms with Gasteiger partial charge in [0.2, 0.25) is 0 Å². The lowest BCUT2D eigenvalue weighted by Gasteiger charge is -2.05. The van der Waals surface area contributed by atoms with Crippen LogP contribution in [0.4, 0.5) is 0 Å². The Labute approximate surface area is 134 Å². The van der Waals surface area contributed by atoms with Crippen LogP contribution in [-0.4, -0.2) is 12.1 Å². The molecule has 4 rings (SSSR count). The van der Waals surface area contributed by atoms with Crippen LogP contribution in [0.25, 0.3) is 10.8 Å². The minimum Gasteiger partial charge on any atom is -0.267 e. The van der Waals surface area contributed by atoms with E-state index >= 15 is 0 Å². The highest BCUT2D eigenvalue weighted by molar-refractivity contribution is 6.03. The van der Waals surface area contributed by atoms with Gasteiger partial charge in [0.25, 0.3) is 5.91 Å². The minimum absolute atomic E-state index is 0.201. The highest BCUT2D eigenvalue weighted by Crippen LogP contribution is 2.32. The van der Waals surface area contributed by atoms with Crippen molar-refractivity contribution in [3.63, 3.8) is 0 Å². The number of nitrogens with zero attached hydrogens (tertiary/aromatic N) is 1. The molecule has 3 aromatic carbocycles. The van der Waals surface area contributed by atoms with Gasteiger partial charge in [0.1, 0.15) is 0 Å². The number of benzene rings is 3. The molecular weight excluding hydrogens is 284 g/mol. The Morgan fingerprint density at radius 1 is 0.913 bits per heavy atom. The van der Waals surface area contributed by atoms with E-state index in [-0.39, 0.29) is 5.91 Å². The molecule has 0 fully saturated rings. The van der Waals surface area contributed by atoms with E-state index in [9.17, 15) is 4.79 Å². The average molecular weight is 300 g/mol. The van der Waals surface area contributed by atoms with Crippen molar-refractivity contribution in [3.8, 4) is 0 Å². The smallest absolute Gasteiger partial charge is 0.267 e. The quantitative estimate of drug-likeness (QED) is 0.581. The number of hydrogen-bond donors (Lipinski definition) is 1. The van der Waals surface area contributed by atoms with Crippen LogP contribution in [0.2, 0.25) is 0 Å². The fourth-order valence-electron chi connectivity index (χ4n) is 3.20. The number of aryl methyl sites for hydroxylation is 2. The molecular formula is C20H16N2O. The molecule has 0 radical (unpaired) electrons. The molecule has 0 atom stereocenters. The fourth-order valence-corrected chi connectivity index (χ4v) is 3.20. The van der Waals surface area contributed by atoms with E-state index in [1.807, 2.05) is 18.2 Å². The molecule has 1 aliphatic rings. The molecule has 0 saturated carbocycles. The van der Waals surface area contributed by atoms with Crippen LogP contribution in [0.1, 0.15) is 27.0 Å². The number of amides is 1. The zero-order valence-electron chi connectivity index (χ0n) is 12.6. The van der Waals surface area contributed by atoms with E-state index in [2.05, 4.69) is 40.9 Å². The van der Waals surface area contributed by atoms with Crippen molar-refractivity contribution in [3.05, 3.63) is 82.9 Å². The molecule has 1 N–H and O–H groups in total. The Morgan fingerprint density at radius 2 is 1.70 bits per heavy atom. The van der Waals surface area contributed by atoms with Crippen LogP contribution in [0.3, 0.4) is 0 Å². The van der Waals surface area contributed by atoms with Gasteiger partial charge in [-0.3, -0.25) is 4.79 Å². The molecule has 1 amide bonds. The second-order valence-corrected chi connectivity index (χ2v) is 5.72. The largest absolute Gasteiger partial charge is 0.271 e. The van der Waals surface area contributed by atoms with Crippen molar-refractivity contribution < 1.29 is 4.79 Å². The van der Waals surface area contributed by atoms with Gasteiger partial charge in [0, 0.05) is 11.1 Å². The number of carbonyl (C=O) groups is 1. The van der Waals surface area contributed by atoms with Gasteiger partial charge in [-0.2, -0.15) is 5.10 Å². The third kappa shape index (κ3) is 2.50. The summed E-state index contributed by atoms with van der Waals surface area (Å²) in [6, 6.07) is 19.7. The van der Waals surface area contributed by atoms with E-state index in [1.54, 1.807) is 18.3 Å². The molecule has 0 bridgehead atoms. The molecule has 3 aromatic rings. The first kappa shape index (κ1) is 13.7. The predicted molar refractivity (Wildman–Crippen MR) is 92.9 cm³/mol. The highest BCUT2D eigenvalue weighted by Gasteiger charge is 2.14. The summed E-state index contributed by atoms with van der Waals surface area (Å²) < 4.78 is 0. The molecule has 0 heterocycles. The second-order valence-electron chi connectivity index (χ2n) is 5.72. The van der Waals surface area contributed by atoms with Crippen LogP contribution in [0.5, 0.6) is 0 Å². The summed E-state index contributed by atoms with van der Waals surface area (Å²) in [6.45, 7) is 0. The van der Waals surface area contributed by atoms with Gasteiger partial charge in [-0.25, -0.2) is 5.43 Å². The Bertz CT molecular complexity index is 903. The number of nitrogens with one attached hydrogen (secondary N) is 1. The Kier molecular flexibility index (Phi) is 3.39. The van der Waals surface area contributed by atoms with Crippen molar-refractivity contribution in [2.24, 2.45) is 5.10 Å². The molecule has 0 aliphatic heterocycles. The van der Waals surface area contributed by atoms with Crippen molar-refractivity contribution in [2.75, 3.05) is 0 Å². The molecule has 112 valence electrons. The van der Waals surface area contributed by atoms with Crippen molar-refractivity contribution in [1.29, 1.82) is 0 Å². The van der Waals surface area contributed by atoms with Crippen molar-refractivity contribution in [2.45, 2.75) is 12.8 Å². The lowest BCUT2D eigenvalue weighted by molar-refractivity contribution is 0.0955. The summed E-state index contributed by atoms with van der Waals surface area (Å²) in [4.78, 5) is 12.0. The normalized spacial score (nSPS) is 12.9. The van der Waals surface area contributed by atoms with E-state index in [4.69, 9.17) is 0 Å². The van der Waals surface area contributed by atoms with Gasteiger partial charge in [-0.05, 0) is 46.9 Å². The van der Waals surface area contributed by atoms with Gasteiger partial charge >= 0.3 is 0 Å². The number of carbonyl (C=O) groups excluding carboxylic acids is 1. The second kappa shape index (κ2) is 5.69. The first-order chi connectivity index (χ1) is 11.3. The summed E-state index contributed by atoms with van der Waals surface area (Å²) in [6.07, 6.45) is 3.94. The van der Waals surface area contributed by atoms with E-state index < -0.39 is 0 Å². The molecule has 0 aromatic heterocycles. The molecule has 1 aliphatic carbocycles. The van der Waals surface area contributed by atoms with Crippen LogP contribution in [0.15, 0.2) is 65.8 Å². The molecule has 3 heteroatoms. The van der Waals surface area contributed by atoms with Gasteiger partial charge in [-0.1, -0.05) is 48.5 Å². The summed E-state index contributed by atoms with van der Waals surface area (Å²) in [7, 11) is 0. The molecule has 0 saturated heterocycles. The predicted octanol–water partition coefficient (Wildman–Crippen LogP) is 3.70. The van der Waals surface area contributed by atoms with E-state index in [0.717, 1.165) is 18.4 Å². The average Bonchev–Trinajstić information content (AvgIpc) is 3.02. The number of hydrazone groups is 1. The Hall–Kier alpha value is -2.94. The summed E-state index contributed by atoms with van der Waals surface area (Å²) >= 11 is 0. The molecule has 23 heavy (non-hydrogen) atoms. The number of hydrogen-bond acceptors (Lipinski definition) is 2. The minimum atomic E-state index is -0.201. The standard InChI is InChI=1S/C20H16N2O/c23-20(16-5-2-1-3-6-16)22-21-13-17-12-11-15-10-9-14-7-4-8-18(17)19(14)15/h1-8,11-13H,9-10H2,(H,22,23)/b21-13-. The fraction of sp³-hybridized carbons (Fsp3) is 0.100. The molecule has 3 nitrogen and oxygen atoms in total. The van der Waals surface area contributed by atoms with Crippen LogP contribution in [0, 0.1) is 0 Å². The third-order valence-electron chi connectivity index (χ3n) is 4.32. The first-order valence-electron chi connectivity index (χ1n) is 7.75. The van der Waals surface area contributed by atoms with E-state index in [1.165, 1.54) is 21.9 Å². The van der Waals surface area contributed by atoms with Crippen molar-refractivity contribution in [1.82, 2.24) is 5.43 Å². The summed E-state index contributed by atoms with van der Waals surface area (Å²) in [5.41, 5.74) is 7.03. The van der Waals surface area contributed by atoms with Crippen LogP contribution in [-0.2, 0) is 12.8 Å². The Balaban J connectivity index is 1.60. The van der Waals surface area contributed by atoms with Crippen molar-refractivity contribution >= 4 is 22.9 Å². The Morgan fingerprint density at radius 3 is 2.52 bits per heavy atom. The monoisotopic (exact) mass is 300 g/mol. The highest BCUT2D eigenvalue weighted by atomic mass is 16.2. The number of rotatable bonds is 3. The first-order valence-corrected chi connectivity index (χ1v) is 7.75. The topological polar surface area (TPSA) is 41.5 Å². The van der Waals surface area contributed by atoms with Gasteiger partial charge < -0.3 is 0 Å². The summed E-state index contributed by atoms with van der Waals surface area (Å²) in [5, 5.41) is 6.68. The maximum absolute atomic E-state index is 12.0. The van der Waals surface area contributed by atoms with E-state index in [0.29, 0.717) is 5.56 Å². The molecule has 0 unspecified atom stereocenters. The molecule has 0 spiro atoms. The SMILES string of the molecule is O=C(N/N=C\c1ccc2c3c(cccc13)CC2)c1ccccc1. The van der Waals surface area contributed by atoms with Gasteiger partial charge in [0.05, 0.1) is 6.21 Å². The maximum atomic E-state index is 12.0. The summed E-state index contributed by atoms with van der Waals surface area (Å²) in [5.74, 6) is -0.201.